The van der Waals surface area contributed by atoms with Crippen LogP contribution in [0.4, 0.5) is 11.4 Å². The minimum absolute atomic E-state index is 0.128. The Morgan fingerprint density at radius 3 is 2.65 bits per heavy atom. The van der Waals surface area contributed by atoms with Gasteiger partial charge in [0.1, 0.15) is 0 Å². The molecule has 3 rings (SSSR count). The van der Waals surface area contributed by atoms with Gasteiger partial charge in [-0.1, -0.05) is 11.6 Å². The first-order valence-corrected chi connectivity index (χ1v) is 7.06. The van der Waals surface area contributed by atoms with Crippen molar-refractivity contribution in [2.24, 2.45) is 0 Å². The lowest BCUT2D eigenvalue weighted by Crippen LogP contribution is -2.45. The molecule has 1 aromatic carbocycles. The number of nitrogens with one attached hydrogen (secondary N) is 1. The smallest absolute Gasteiger partial charge is 0.257 e. The molecular weight excluding hydrogens is 280 g/mol. The topological polar surface area (TPSA) is 61.8 Å². The van der Waals surface area contributed by atoms with E-state index in [1.54, 1.807) is 6.07 Å². The summed E-state index contributed by atoms with van der Waals surface area (Å²) >= 11 is 6.32. The molecule has 3 unspecified atom stereocenters. The number of carbonyl (C=O) groups is 1. The van der Waals surface area contributed by atoms with E-state index in [4.69, 9.17) is 16.3 Å². The third-order valence-corrected chi connectivity index (χ3v) is 3.98. The molecule has 1 saturated heterocycles. The van der Waals surface area contributed by atoms with Crippen molar-refractivity contribution in [3.63, 3.8) is 0 Å². The molecule has 2 N–H and O–H groups in total. The molecule has 2 aliphatic heterocycles. The van der Waals surface area contributed by atoms with Crippen LogP contribution in [0.1, 0.15) is 25.5 Å². The summed E-state index contributed by atoms with van der Waals surface area (Å²) in [6.45, 7) is 5.55. The summed E-state index contributed by atoms with van der Waals surface area (Å²) < 4.78 is 5.71. The van der Waals surface area contributed by atoms with Crippen molar-refractivity contribution < 1.29 is 14.6 Å². The van der Waals surface area contributed by atoms with Crippen molar-refractivity contribution in [3.8, 4) is 0 Å². The average molecular weight is 297 g/mol. The fourth-order valence-corrected chi connectivity index (χ4v) is 3.16. The summed E-state index contributed by atoms with van der Waals surface area (Å²) in [6, 6.07) is 3.50. The predicted octanol–water partition coefficient (Wildman–Crippen LogP) is 1.94. The van der Waals surface area contributed by atoms with E-state index >= 15 is 0 Å². The monoisotopic (exact) mass is 296 g/mol. The molecule has 0 saturated carbocycles. The van der Waals surface area contributed by atoms with Crippen LogP contribution in [-0.2, 0) is 9.53 Å². The predicted molar refractivity (Wildman–Crippen MR) is 77.3 cm³/mol. The molecule has 2 aliphatic rings. The zero-order valence-corrected chi connectivity index (χ0v) is 12.1. The van der Waals surface area contributed by atoms with Crippen molar-refractivity contribution in [1.82, 2.24) is 0 Å². The van der Waals surface area contributed by atoms with Crippen LogP contribution in [0.5, 0.6) is 0 Å². The van der Waals surface area contributed by atoms with Crippen LogP contribution >= 0.6 is 11.6 Å². The maximum Gasteiger partial charge on any atom is 0.257 e. The largest absolute Gasteiger partial charge is 0.378 e. The Morgan fingerprint density at radius 1 is 1.35 bits per heavy atom. The molecular formula is C14H17ClN2O3. The van der Waals surface area contributed by atoms with Gasteiger partial charge in [0.05, 0.1) is 22.9 Å². The van der Waals surface area contributed by atoms with E-state index in [0.717, 1.165) is 18.8 Å². The molecule has 6 heteroatoms. The number of benzene rings is 1. The third kappa shape index (κ3) is 2.26. The van der Waals surface area contributed by atoms with Crippen LogP contribution < -0.4 is 10.2 Å². The van der Waals surface area contributed by atoms with E-state index in [-0.39, 0.29) is 12.2 Å². The van der Waals surface area contributed by atoms with Crippen molar-refractivity contribution in [2.75, 3.05) is 23.3 Å². The summed E-state index contributed by atoms with van der Waals surface area (Å²) in [5, 5.41) is 13.0. The molecule has 108 valence electrons. The van der Waals surface area contributed by atoms with Gasteiger partial charge in [-0.2, -0.15) is 0 Å². The van der Waals surface area contributed by atoms with E-state index < -0.39 is 12.0 Å². The highest BCUT2D eigenvalue weighted by Crippen LogP contribution is 2.39. The highest BCUT2D eigenvalue weighted by Gasteiger charge is 2.31. The number of carbonyl (C=O) groups excluding carboxylic acids is 1. The van der Waals surface area contributed by atoms with Gasteiger partial charge in [-0.05, 0) is 26.0 Å². The number of hydrogen-bond donors (Lipinski definition) is 2. The first kappa shape index (κ1) is 13.7. The van der Waals surface area contributed by atoms with Crippen LogP contribution in [0.25, 0.3) is 0 Å². The maximum absolute atomic E-state index is 11.5. The number of rotatable bonds is 1. The lowest BCUT2D eigenvalue weighted by atomic mass is 10.1. The van der Waals surface area contributed by atoms with E-state index in [1.165, 1.54) is 0 Å². The van der Waals surface area contributed by atoms with Gasteiger partial charge >= 0.3 is 0 Å². The van der Waals surface area contributed by atoms with Gasteiger partial charge in [0.25, 0.3) is 5.91 Å². The van der Waals surface area contributed by atoms with Gasteiger partial charge in [-0.25, -0.2) is 0 Å². The van der Waals surface area contributed by atoms with Crippen molar-refractivity contribution in [3.05, 3.63) is 22.7 Å². The Bertz CT molecular complexity index is 554. The number of anilines is 2. The second kappa shape index (κ2) is 4.91. The molecule has 0 spiro atoms. The number of ether oxygens (including phenoxy) is 1. The summed E-state index contributed by atoms with van der Waals surface area (Å²) in [7, 11) is 0. The number of hydrogen-bond acceptors (Lipinski definition) is 4. The SMILES string of the molecule is CC1CN(c2cc3c(cc2Cl)C(O)C(=O)N3)CC(C)O1. The summed E-state index contributed by atoms with van der Waals surface area (Å²) in [5.74, 6) is -0.406. The van der Waals surface area contributed by atoms with E-state index in [1.807, 2.05) is 19.9 Å². The zero-order valence-electron chi connectivity index (χ0n) is 11.4. The normalized spacial score (nSPS) is 29.3. The third-order valence-electron chi connectivity index (χ3n) is 3.68. The molecule has 1 aromatic rings. The molecule has 2 heterocycles. The van der Waals surface area contributed by atoms with Gasteiger partial charge < -0.3 is 20.1 Å². The highest BCUT2D eigenvalue weighted by molar-refractivity contribution is 6.33. The number of aliphatic hydroxyl groups excluding tert-OH is 1. The van der Waals surface area contributed by atoms with Gasteiger partial charge in [0, 0.05) is 24.3 Å². The van der Waals surface area contributed by atoms with Crippen LogP contribution in [0, 0.1) is 0 Å². The molecule has 1 fully saturated rings. The van der Waals surface area contributed by atoms with Crippen molar-refractivity contribution in [2.45, 2.75) is 32.2 Å². The number of nitrogens with zero attached hydrogens (tertiary/aromatic N) is 1. The Hall–Kier alpha value is -1.30. The second-order valence-corrected chi connectivity index (χ2v) is 5.85. The van der Waals surface area contributed by atoms with Gasteiger partial charge in [-0.15, -0.1) is 0 Å². The van der Waals surface area contributed by atoms with Crippen LogP contribution in [0.2, 0.25) is 5.02 Å². The van der Waals surface area contributed by atoms with Gasteiger partial charge in [0.2, 0.25) is 0 Å². The van der Waals surface area contributed by atoms with Crippen LogP contribution in [-0.4, -0.2) is 36.3 Å². The molecule has 0 aliphatic carbocycles. The number of morpholine rings is 1. The van der Waals surface area contributed by atoms with Crippen molar-refractivity contribution in [1.29, 1.82) is 0 Å². The minimum Gasteiger partial charge on any atom is -0.378 e. The molecule has 0 bridgehead atoms. The van der Waals surface area contributed by atoms with E-state index in [2.05, 4.69) is 10.2 Å². The number of fused-ring (bicyclic) bond motifs is 1. The lowest BCUT2D eigenvalue weighted by Gasteiger charge is -2.37. The van der Waals surface area contributed by atoms with E-state index in [0.29, 0.717) is 16.3 Å². The van der Waals surface area contributed by atoms with E-state index in [9.17, 15) is 9.90 Å². The fraction of sp³-hybridized carbons (Fsp3) is 0.500. The zero-order chi connectivity index (χ0) is 14.4. The Labute approximate surface area is 122 Å². The number of halogens is 1. The molecule has 1 amide bonds. The number of amides is 1. The lowest BCUT2D eigenvalue weighted by molar-refractivity contribution is -0.123. The highest BCUT2D eigenvalue weighted by atomic mass is 35.5. The Kier molecular flexibility index (Phi) is 3.36. The standard InChI is InChI=1S/C14H17ClN2O3/c1-7-5-17(6-8(2)20-7)12-4-11-9(3-10(12)15)13(18)14(19)16-11/h3-4,7-8,13,18H,5-6H2,1-2H3,(H,16,19). The first-order chi connectivity index (χ1) is 9.45. The molecule has 3 atom stereocenters. The van der Waals surface area contributed by atoms with Gasteiger partial charge in [-0.3, -0.25) is 4.79 Å². The maximum atomic E-state index is 11.5. The molecule has 0 aromatic heterocycles. The summed E-state index contributed by atoms with van der Waals surface area (Å²) in [5.41, 5.74) is 2.04. The minimum atomic E-state index is -1.13. The quantitative estimate of drug-likeness (QED) is 0.831. The number of aliphatic hydroxyl groups is 1. The van der Waals surface area contributed by atoms with Crippen molar-refractivity contribution >= 4 is 28.9 Å². The average Bonchev–Trinajstić information content (AvgIpc) is 2.63. The second-order valence-electron chi connectivity index (χ2n) is 5.44. The summed E-state index contributed by atoms with van der Waals surface area (Å²) in [6.07, 6.45) is -0.870. The fourth-order valence-electron chi connectivity index (χ4n) is 2.87. The summed E-state index contributed by atoms with van der Waals surface area (Å²) in [4.78, 5) is 13.6. The molecule has 0 radical (unpaired) electrons. The first-order valence-electron chi connectivity index (χ1n) is 6.68. The molecule has 5 nitrogen and oxygen atoms in total. The van der Waals surface area contributed by atoms with Crippen LogP contribution in [0.15, 0.2) is 12.1 Å². The molecule has 20 heavy (non-hydrogen) atoms. The van der Waals surface area contributed by atoms with Gasteiger partial charge in [0.15, 0.2) is 6.10 Å². The Balaban J connectivity index is 1.95. The Morgan fingerprint density at radius 2 is 2.00 bits per heavy atom. The van der Waals surface area contributed by atoms with Crippen LogP contribution in [0.3, 0.4) is 0 Å².